The van der Waals surface area contributed by atoms with Crippen molar-refractivity contribution in [3.63, 3.8) is 0 Å². The average molecular weight is 203 g/mol. The summed E-state index contributed by atoms with van der Waals surface area (Å²) in [6.07, 6.45) is 2.94. The van der Waals surface area contributed by atoms with Crippen LogP contribution in [0.25, 0.3) is 5.69 Å². The van der Waals surface area contributed by atoms with Gasteiger partial charge in [-0.3, -0.25) is 4.57 Å². The number of aryl methyl sites for hydroxylation is 1. The highest BCUT2D eigenvalue weighted by atomic mass is 16.4. The third kappa shape index (κ3) is 1.71. The lowest BCUT2D eigenvalue weighted by Gasteiger charge is -2.06. The zero-order valence-corrected chi connectivity index (χ0v) is 8.08. The van der Waals surface area contributed by atoms with Gasteiger partial charge in [-0.1, -0.05) is 11.6 Å². The molecule has 0 saturated carbocycles. The van der Waals surface area contributed by atoms with E-state index in [9.17, 15) is 4.79 Å². The van der Waals surface area contributed by atoms with Crippen LogP contribution in [0.4, 0.5) is 0 Å². The number of carboxylic acids is 1. The Morgan fingerprint density at radius 2 is 2.00 bits per heavy atom. The number of benzene rings is 1. The van der Waals surface area contributed by atoms with Crippen molar-refractivity contribution in [2.24, 2.45) is 0 Å². The first-order valence-electron chi connectivity index (χ1n) is 4.37. The Morgan fingerprint density at radius 1 is 1.33 bits per heavy atom. The van der Waals surface area contributed by atoms with Crippen LogP contribution < -0.4 is 0 Å². The summed E-state index contributed by atoms with van der Waals surface area (Å²) in [5, 5.41) is 16.3. The summed E-state index contributed by atoms with van der Waals surface area (Å²) in [6.45, 7) is 1.85. The quantitative estimate of drug-likeness (QED) is 0.798. The molecule has 1 aromatic heterocycles. The van der Waals surface area contributed by atoms with Crippen LogP contribution in [0.5, 0.6) is 0 Å². The first-order chi connectivity index (χ1) is 7.18. The van der Waals surface area contributed by atoms with Crippen LogP contribution in [0.15, 0.2) is 30.9 Å². The predicted octanol–water partition coefficient (Wildman–Crippen LogP) is 1.27. The third-order valence-corrected chi connectivity index (χ3v) is 2.08. The smallest absolute Gasteiger partial charge is 0.337 e. The number of aromatic carboxylic acids is 1. The van der Waals surface area contributed by atoms with Crippen LogP contribution in [0.1, 0.15) is 15.9 Å². The number of carboxylic acid groups (broad SMARTS) is 1. The largest absolute Gasteiger partial charge is 0.478 e. The molecular formula is C10H9N3O2. The van der Waals surface area contributed by atoms with E-state index in [1.807, 2.05) is 13.0 Å². The van der Waals surface area contributed by atoms with Crippen LogP contribution >= 0.6 is 0 Å². The van der Waals surface area contributed by atoms with Crippen molar-refractivity contribution in [3.8, 4) is 5.69 Å². The molecule has 0 amide bonds. The molecule has 1 aromatic carbocycles. The molecule has 0 saturated heterocycles. The highest BCUT2D eigenvalue weighted by Gasteiger charge is 2.11. The van der Waals surface area contributed by atoms with Gasteiger partial charge in [0.1, 0.15) is 12.7 Å². The minimum Gasteiger partial charge on any atom is -0.478 e. The summed E-state index contributed by atoms with van der Waals surface area (Å²) in [5.74, 6) is -0.956. The molecule has 15 heavy (non-hydrogen) atoms. The molecule has 0 bridgehead atoms. The van der Waals surface area contributed by atoms with Crippen molar-refractivity contribution >= 4 is 5.97 Å². The van der Waals surface area contributed by atoms with Gasteiger partial charge in [0.05, 0.1) is 11.3 Å². The molecule has 2 aromatic rings. The molecule has 0 atom stereocenters. The third-order valence-electron chi connectivity index (χ3n) is 2.08. The standard InChI is InChI=1S/C10H9N3O2/c1-7-2-3-9(8(4-7)10(14)15)13-5-11-12-6-13/h2-6H,1H3,(H,14,15). The van der Waals surface area contributed by atoms with Gasteiger partial charge in [0.2, 0.25) is 0 Å². The Bertz CT molecular complexity index is 491. The second kappa shape index (κ2) is 3.53. The summed E-state index contributed by atoms with van der Waals surface area (Å²) >= 11 is 0. The van der Waals surface area contributed by atoms with Crippen molar-refractivity contribution in [2.75, 3.05) is 0 Å². The van der Waals surface area contributed by atoms with Gasteiger partial charge in [-0.2, -0.15) is 0 Å². The molecule has 1 N–H and O–H groups in total. The lowest BCUT2D eigenvalue weighted by Crippen LogP contribution is -2.04. The van der Waals surface area contributed by atoms with E-state index in [1.54, 1.807) is 16.7 Å². The van der Waals surface area contributed by atoms with Crippen molar-refractivity contribution < 1.29 is 9.90 Å². The van der Waals surface area contributed by atoms with E-state index in [1.165, 1.54) is 12.7 Å². The summed E-state index contributed by atoms with van der Waals surface area (Å²) in [6, 6.07) is 5.21. The predicted molar refractivity (Wildman–Crippen MR) is 53.1 cm³/mol. The second-order valence-electron chi connectivity index (χ2n) is 3.19. The first kappa shape index (κ1) is 9.39. The molecule has 5 nitrogen and oxygen atoms in total. The van der Waals surface area contributed by atoms with E-state index in [-0.39, 0.29) is 5.56 Å². The van der Waals surface area contributed by atoms with Crippen molar-refractivity contribution in [1.29, 1.82) is 0 Å². The maximum atomic E-state index is 11.0. The fourth-order valence-corrected chi connectivity index (χ4v) is 1.37. The monoisotopic (exact) mass is 203 g/mol. The number of aromatic nitrogens is 3. The van der Waals surface area contributed by atoms with Gasteiger partial charge in [-0.15, -0.1) is 10.2 Å². The van der Waals surface area contributed by atoms with E-state index in [0.717, 1.165) is 5.56 Å². The number of hydrogen-bond acceptors (Lipinski definition) is 3. The molecule has 2 rings (SSSR count). The zero-order valence-electron chi connectivity index (χ0n) is 8.08. The summed E-state index contributed by atoms with van der Waals surface area (Å²) in [5.41, 5.74) is 1.72. The first-order valence-corrected chi connectivity index (χ1v) is 4.37. The Labute approximate surface area is 86.0 Å². The van der Waals surface area contributed by atoms with E-state index in [4.69, 9.17) is 5.11 Å². The molecule has 76 valence electrons. The molecule has 0 unspecified atom stereocenters. The van der Waals surface area contributed by atoms with Crippen LogP contribution in [0, 0.1) is 6.92 Å². The fourth-order valence-electron chi connectivity index (χ4n) is 1.37. The number of nitrogens with zero attached hydrogens (tertiary/aromatic N) is 3. The molecule has 0 radical (unpaired) electrons. The molecular weight excluding hydrogens is 194 g/mol. The molecule has 1 heterocycles. The SMILES string of the molecule is Cc1ccc(-n2cnnc2)c(C(=O)O)c1. The van der Waals surface area contributed by atoms with Gasteiger partial charge >= 0.3 is 5.97 Å². The van der Waals surface area contributed by atoms with Crippen LogP contribution in [-0.2, 0) is 0 Å². The van der Waals surface area contributed by atoms with Gasteiger partial charge in [0.25, 0.3) is 0 Å². The van der Waals surface area contributed by atoms with Crippen LogP contribution in [0.2, 0.25) is 0 Å². The van der Waals surface area contributed by atoms with E-state index in [2.05, 4.69) is 10.2 Å². The lowest BCUT2D eigenvalue weighted by atomic mass is 10.1. The fraction of sp³-hybridized carbons (Fsp3) is 0.100. The maximum absolute atomic E-state index is 11.0. The number of hydrogen-bond donors (Lipinski definition) is 1. The Morgan fingerprint density at radius 3 is 2.60 bits per heavy atom. The van der Waals surface area contributed by atoms with E-state index >= 15 is 0 Å². The maximum Gasteiger partial charge on any atom is 0.337 e. The molecule has 5 heteroatoms. The minimum atomic E-state index is -0.956. The Balaban J connectivity index is 2.61. The van der Waals surface area contributed by atoms with Crippen LogP contribution in [0.3, 0.4) is 0 Å². The summed E-state index contributed by atoms with van der Waals surface area (Å²) < 4.78 is 1.57. The van der Waals surface area contributed by atoms with Crippen molar-refractivity contribution in [2.45, 2.75) is 6.92 Å². The Kier molecular flexibility index (Phi) is 2.21. The minimum absolute atomic E-state index is 0.245. The highest BCUT2D eigenvalue weighted by Crippen LogP contribution is 2.15. The van der Waals surface area contributed by atoms with E-state index < -0.39 is 5.97 Å². The highest BCUT2D eigenvalue weighted by molar-refractivity contribution is 5.92. The van der Waals surface area contributed by atoms with E-state index in [0.29, 0.717) is 5.69 Å². The van der Waals surface area contributed by atoms with Gasteiger partial charge in [0.15, 0.2) is 0 Å². The molecule has 0 spiro atoms. The zero-order chi connectivity index (χ0) is 10.8. The summed E-state index contributed by atoms with van der Waals surface area (Å²) in [7, 11) is 0. The topological polar surface area (TPSA) is 68.0 Å². The molecule has 0 aliphatic heterocycles. The average Bonchev–Trinajstić information content (AvgIpc) is 2.70. The van der Waals surface area contributed by atoms with Gasteiger partial charge in [0, 0.05) is 0 Å². The molecule has 0 aliphatic carbocycles. The number of rotatable bonds is 2. The normalized spacial score (nSPS) is 10.2. The van der Waals surface area contributed by atoms with Crippen molar-refractivity contribution in [1.82, 2.24) is 14.8 Å². The molecule has 0 fully saturated rings. The van der Waals surface area contributed by atoms with Crippen molar-refractivity contribution in [3.05, 3.63) is 42.0 Å². The van der Waals surface area contributed by atoms with Gasteiger partial charge in [-0.25, -0.2) is 4.79 Å². The lowest BCUT2D eigenvalue weighted by molar-refractivity contribution is 0.0697. The van der Waals surface area contributed by atoms with Crippen LogP contribution in [-0.4, -0.2) is 25.8 Å². The van der Waals surface area contributed by atoms with Gasteiger partial charge < -0.3 is 5.11 Å². The second-order valence-corrected chi connectivity index (χ2v) is 3.19. The Hall–Kier alpha value is -2.17. The summed E-state index contributed by atoms with van der Waals surface area (Å²) in [4.78, 5) is 11.0. The molecule has 0 aliphatic rings. The number of carbonyl (C=O) groups is 1. The van der Waals surface area contributed by atoms with Gasteiger partial charge in [-0.05, 0) is 19.1 Å².